The minimum Gasteiger partial charge on any atom is -0.482 e. The Labute approximate surface area is 183 Å². The van der Waals surface area contributed by atoms with Crippen molar-refractivity contribution < 1.29 is 34.0 Å². The fraction of sp³-hybridized carbons (Fsp3) is 0.542. The van der Waals surface area contributed by atoms with Gasteiger partial charge in [0.15, 0.2) is 18.1 Å². The summed E-state index contributed by atoms with van der Waals surface area (Å²) >= 11 is 0. The van der Waals surface area contributed by atoms with Crippen molar-refractivity contribution in [3.05, 3.63) is 43.0 Å². The van der Waals surface area contributed by atoms with Crippen LogP contribution in [0.25, 0.3) is 0 Å². The van der Waals surface area contributed by atoms with Gasteiger partial charge in [0.25, 0.3) is 0 Å². The van der Waals surface area contributed by atoms with Gasteiger partial charge in [-0.25, -0.2) is 4.79 Å². The molecule has 0 aromatic heterocycles. The lowest BCUT2D eigenvalue weighted by Crippen LogP contribution is -2.39. The minimum absolute atomic E-state index is 0.235. The van der Waals surface area contributed by atoms with Crippen molar-refractivity contribution >= 4 is 5.97 Å². The molecule has 2 aliphatic rings. The normalized spacial score (nSPS) is 26.2. The molecule has 1 aliphatic heterocycles. The fourth-order valence-corrected chi connectivity index (χ4v) is 4.08. The zero-order chi connectivity index (χ0) is 22.4. The molecule has 1 saturated carbocycles. The van der Waals surface area contributed by atoms with Crippen LogP contribution < -0.4 is 14.2 Å². The Balaban J connectivity index is 1.66. The van der Waals surface area contributed by atoms with Gasteiger partial charge in [0.1, 0.15) is 12.2 Å². The predicted molar refractivity (Wildman–Crippen MR) is 115 cm³/mol. The zero-order valence-corrected chi connectivity index (χ0v) is 18.1. The van der Waals surface area contributed by atoms with Gasteiger partial charge in [-0.05, 0) is 37.3 Å². The van der Waals surface area contributed by atoms with Crippen molar-refractivity contribution in [3.8, 4) is 17.2 Å². The predicted octanol–water partition coefficient (Wildman–Crippen LogP) is 3.04. The highest BCUT2D eigenvalue weighted by Crippen LogP contribution is 2.46. The molecule has 2 N–H and O–H groups in total. The van der Waals surface area contributed by atoms with Crippen molar-refractivity contribution in [3.63, 3.8) is 0 Å². The average Bonchev–Trinajstić information content (AvgIpc) is 3.06. The van der Waals surface area contributed by atoms with Crippen LogP contribution in [-0.2, 0) is 9.53 Å². The van der Waals surface area contributed by atoms with Crippen LogP contribution in [0, 0.1) is 11.8 Å². The summed E-state index contributed by atoms with van der Waals surface area (Å²) in [6, 6.07) is 5.20. The van der Waals surface area contributed by atoms with E-state index in [9.17, 15) is 15.0 Å². The number of benzene rings is 1. The molecule has 1 fully saturated rings. The topological polar surface area (TPSA) is 94.5 Å². The molecule has 170 valence electrons. The van der Waals surface area contributed by atoms with Gasteiger partial charge in [-0.1, -0.05) is 31.2 Å². The molecule has 1 aromatic rings. The number of allylic oxidation sites excluding steroid dienone is 1. The Hall–Kier alpha value is -2.51. The SMILES string of the molecule is C=CCCC(C)CC(O)C=CC1C(O)CC2Oc3c(OCC(=O)OC)cccc3OC21. The molecule has 7 nitrogen and oxygen atoms in total. The third-order valence-electron chi connectivity index (χ3n) is 5.78. The maximum Gasteiger partial charge on any atom is 0.343 e. The van der Waals surface area contributed by atoms with E-state index >= 15 is 0 Å². The van der Waals surface area contributed by atoms with Gasteiger partial charge in [0.2, 0.25) is 5.75 Å². The average molecular weight is 433 g/mol. The van der Waals surface area contributed by atoms with Crippen molar-refractivity contribution in [2.75, 3.05) is 13.7 Å². The number of para-hydroxylation sites is 1. The zero-order valence-electron chi connectivity index (χ0n) is 18.1. The first-order valence-corrected chi connectivity index (χ1v) is 10.7. The Morgan fingerprint density at radius 3 is 2.94 bits per heavy atom. The molecular weight excluding hydrogens is 400 g/mol. The number of aliphatic hydroxyl groups excluding tert-OH is 2. The summed E-state index contributed by atoms with van der Waals surface area (Å²) in [5, 5.41) is 20.9. The molecule has 3 rings (SSSR count). The highest BCUT2D eigenvalue weighted by Gasteiger charge is 2.47. The molecular formula is C24H32O7. The summed E-state index contributed by atoms with van der Waals surface area (Å²) in [4.78, 5) is 11.4. The van der Waals surface area contributed by atoms with E-state index in [1.807, 2.05) is 12.2 Å². The third kappa shape index (κ3) is 5.80. The van der Waals surface area contributed by atoms with E-state index in [0.717, 1.165) is 12.8 Å². The van der Waals surface area contributed by atoms with Crippen LogP contribution in [0.5, 0.6) is 17.2 Å². The number of hydrogen-bond donors (Lipinski definition) is 2. The second kappa shape index (κ2) is 10.7. The molecule has 7 heteroatoms. The van der Waals surface area contributed by atoms with Crippen LogP contribution in [0.15, 0.2) is 43.0 Å². The maximum atomic E-state index is 11.4. The molecule has 0 spiro atoms. The fourth-order valence-electron chi connectivity index (χ4n) is 4.08. The highest BCUT2D eigenvalue weighted by molar-refractivity contribution is 5.71. The van der Waals surface area contributed by atoms with Crippen molar-refractivity contribution in [2.24, 2.45) is 11.8 Å². The Bertz CT molecular complexity index is 790. The van der Waals surface area contributed by atoms with Crippen molar-refractivity contribution in [1.82, 2.24) is 0 Å². The van der Waals surface area contributed by atoms with Crippen LogP contribution in [0.3, 0.4) is 0 Å². The lowest BCUT2D eigenvalue weighted by Gasteiger charge is -2.32. The number of ether oxygens (including phenoxy) is 4. The van der Waals surface area contributed by atoms with E-state index in [1.54, 1.807) is 24.3 Å². The largest absolute Gasteiger partial charge is 0.482 e. The van der Waals surface area contributed by atoms with Gasteiger partial charge in [-0.2, -0.15) is 0 Å². The number of esters is 1. The molecule has 0 saturated heterocycles. The highest BCUT2D eigenvalue weighted by atomic mass is 16.6. The number of rotatable bonds is 10. The Morgan fingerprint density at radius 2 is 2.19 bits per heavy atom. The number of hydrogen-bond acceptors (Lipinski definition) is 7. The van der Waals surface area contributed by atoms with E-state index in [0.29, 0.717) is 36.0 Å². The standard InChI is InChI=1S/C24H32O7/c1-4-5-7-15(2)12-16(25)10-11-17-18(26)13-21-23(17)30-20-9-6-8-19(24(20)31-21)29-14-22(27)28-3/h4,6,8-11,15-18,21,23,25-26H,1,5,7,12-14H2,2-3H3. The van der Waals surface area contributed by atoms with E-state index in [-0.39, 0.29) is 24.7 Å². The summed E-state index contributed by atoms with van der Waals surface area (Å²) < 4.78 is 22.4. The minimum atomic E-state index is -0.648. The third-order valence-corrected chi connectivity index (χ3v) is 5.78. The maximum absolute atomic E-state index is 11.4. The van der Waals surface area contributed by atoms with Gasteiger partial charge in [-0.15, -0.1) is 6.58 Å². The quantitative estimate of drug-likeness (QED) is 0.433. The summed E-state index contributed by atoms with van der Waals surface area (Å²) in [6.07, 6.45) is 6.48. The number of aliphatic hydroxyl groups is 2. The van der Waals surface area contributed by atoms with Crippen LogP contribution in [0.4, 0.5) is 0 Å². The number of carbonyl (C=O) groups excluding carboxylic acids is 1. The molecule has 1 aliphatic carbocycles. The lowest BCUT2D eigenvalue weighted by molar-refractivity contribution is -0.143. The van der Waals surface area contributed by atoms with E-state index in [2.05, 4.69) is 18.2 Å². The molecule has 0 radical (unpaired) electrons. The smallest absolute Gasteiger partial charge is 0.343 e. The second-order valence-electron chi connectivity index (χ2n) is 8.23. The second-order valence-corrected chi connectivity index (χ2v) is 8.23. The van der Waals surface area contributed by atoms with E-state index < -0.39 is 18.2 Å². The summed E-state index contributed by atoms with van der Waals surface area (Å²) in [5.41, 5.74) is 0. The van der Waals surface area contributed by atoms with Gasteiger partial charge >= 0.3 is 5.97 Å². The molecule has 6 atom stereocenters. The van der Waals surface area contributed by atoms with Crippen LogP contribution in [-0.4, -0.2) is 54.3 Å². The monoisotopic (exact) mass is 432 g/mol. The van der Waals surface area contributed by atoms with Gasteiger partial charge in [0, 0.05) is 12.3 Å². The van der Waals surface area contributed by atoms with E-state index in [1.165, 1.54) is 7.11 Å². The molecule has 1 aromatic carbocycles. The molecule has 31 heavy (non-hydrogen) atoms. The van der Waals surface area contributed by atoms with Crippen LogP contribution >= 0.6 is 0 Å². The van der Waals surface area contributed by atoms with Gasteiger partial charge in [0.05, 0.1) is 19.3 Å². The van der Waals surface area contributed by atoms with Crippen molar-refractivity contribution in [2.45, 2.75) is 57.0 Å². The van der Waals surface area contributed by atoms with E-state index in [4.69, 9.17) is 14.2 Å². The summed E-state index contributed by atoms with van der Waals surface area (Å²) in [7, 11) is 1.29. The molecule has 1 heterocycles. The molecule has 0 bridgehead atoms. The van der Waals surface area contributed by atoms with Crippen LogP contribution in [0.1, 0.15) is 32.6 Å². The first-order valence-electron chi connectivity index (χ1n) is 10.7. The lowest BCUT2D eigenvalue weighted by atomic mass is 9.96. The van der Waals surface area contributed by atoms with Crippen molar-refractivity contribution in [1.29, 1.82) is 0 Å². The summed E-state index contributed by atoms with van der Waals surface area (Å²) in [5.74, 6) is 0.888. The molecule has 6 unspecified atom stereocenters. The first kappa shape index (κ1) is 23.2. The number of fused-ring (bicyclic) bond motifs is 2. The number of methoxy groups -OCH3 is 1. The summed E-state index contributed by atoms with van der Waals surface area (Å²) in [6.45, 7) is 5.60. The van der Waals surface area contributed by atoms with Gasteiger partial charge in [-0.3, -0.25) is 0 Å². The number of carbonyl (C=O) groups is 1. The Morgan fingerprint density at radius 1 is 1.39 bits per heavy atom. The Kier molecular flexibility index (Phi) is 7.98. The molecule has 0 amide bonds. The van der Waals surface area contributed by atoms with Crippen LogP contribution in [0.2, 0.25) is 0 Å². The van der Waals surface area contributed by atoms with Gasteiger partial charge < -0.3 is 29.2 Å². The first-order chi connectivity index (χ1) is 14.9.